The maximum absolute atomic E-state index is 14.3. The van der Waals surface area contributed by atoms with Crippen LogP contribution >= 0.6 is 0 Å². The molecule has 0 spiro atoms. The molecule has 51 heavy (non-hydrogen) atoms. The molecule has 0 unspecified atom stereocenters. The summed E-state index contributed by atoms with van der Waals surface area (Å²) in [5, 5.41) is 4.89. The molecule has 0 bridgehead atoms. The normalized spacial score (nSPS) is 28.0. The SMILES string of the molecule is Cc1nc2ccc(F)cc2nc1O[C@@H]1C[C@H]2C(=O)N[C@]3(C(=O)NS(=O)(=O)C4CC4)C[C@H]3/C=C\CCCCC[C@H](NC(=O)OC(C)(C)C)C(=O)N2C1. The molecule has 4 aliphatic rings. The molecular formula is C35H45FN6O8S. The highest BCUT2D eigenvalue weighted by molar-refractivity contribution is 7.91. The van der Waals surface area contributed by atoms with Crippen LogP contribution in [-0.2, 0) is 29.1 Å². The van der Waals surface area contributed by atoms with Crippen molar-refractivity contribution < 1.29 is 41.5 Å². The van der Waals surface area contributed by atoms with Gasteiger partial charge in [-0.05, 0) is 78.4 Å². The monoisotopic (exact) mass is 728 g/mol. The van der Waals surface area contributed by atoms with Gasteiger partial charge in [0.25, 0.3) is 5.91 Å². The van der Waals surface area contributed by atoms with Gasteiger partial charge in [-0.2, -0.15) is 0 Å². The number of alkyl carbamates (subject to hydrolysis) is 1. The molecule has 2 saturated carbocycles. The van der Waals surface area contributed by atoms with Crippen molar-refractivity contribution in [3.05, 3.63) is 41.9 Å². The van der Waals surface area contributed by atoms with Crippen LogP contribution < -0.4 is 20.1 Å². The summed E-state index contributed by atoms with van der Waals surface area (Å²) in [6.45, 7) is 6.72. The van der Waals surface area contributed by atoms with Gasteiger partial charge < -0.3 is 25.0 Å². The molecule has 2 aliphatic carbocycles. The van der Waals surface area contributed by atoms with E-state index in [0.29, 0.717) is 36.9 Å². The number of benzene rings is 1. The number of aromatic nitrogens is 2. The number of nitrogens with one attached hydrogen (secondary N) is 3. The Hall–Kier alpha value is -4.34. The first-order chi connectivity index (χ1) is 24.0. The number of allylic oxidation sites excluding steroid dienone is 1. The zero-order valence-electron chi connectivity index (χ0n) is 29.2. The maximum atomic E-state index is 14.3. The van der Waals surface area contributed by atoms with E-state index in [1.807, 2.05) is 12.2 Å². The standard InChI is InChI=1S/C35H45FN6O8S/c1-20-30(38-27-16-22(36)12-15-25(27)37-20)49-23-17-28-29(43)40-35(32(45)41-51(47,48)24-13-14-24)18-21(35)10-8-6-5-7-9-11-26(31(44)42(28)19-23)39-33(46)50-34(2,3)4/h8,10,12,15-16,21,23-24,26,28H,5-7,9,11,13-14,17-19H2,1-4H3,(H,39,46)(H,40,43)(H,41,45)/b10-8-/t21-,23-,26+,28+,35-/m1/s1. The Morgan fingerprint density at radius 3 is 2.57 bits per heavy atom. The number of hydrogen-bond donors (Lipinski definition) is 3. The molecule has 5 atom stereocenters. The lowest BCUT2D eigenvalue weighted by Crippen LogP contribution is -2.58. The lowest BCUT2D eigenvalue weighted by atomic mass is 10.0. The van der Waals surface area contributed by atoms with Crippen molar-refractivity contribution in [2.75, 3.05) is 6.54 Å². The van der Waals surface area contributed by atoms with E-state index in [0.717, 1.165) is 12.8 Å². The topological polar surface area (TPSA) is 186 Å². The van der Waals surface area contributed by atoms with E-state index >= 15 is 0 Å². The first-order valence-corrected chi connectivity index (χ1v) is 19.0. The van der Waals surface area contributed by atoms with Crippen molar-refractivity contribution in [3.63, 3.8) is 0 Å². The highest BCUT2D eigenvalue weighted by atomic mass is 32.2. The fourth-order valence-corrected chi connectivity index (χ4v) is 8.03. The van der Waals surface area contributed by atoms with Crippen molar-refractivity contribution >= 4 is 44.9 Å². The maximum Gasteiger partial charge on any atom is 0.408 e. The molecule has 3 fully saturated rings. The lowest BCUT2D eigenvalue weighted by Gasteiger charge is -2.30. The Kier molecular flexibility index (Phi) is 10.0. The molecule has 2 aromatic rings. The van der Waals surface area contributed by atoms with Crippen molar-refractivity contribution in [1.82, 2.24) is 30.2 Å². The lowest BCUT2D eigenvalue weighted by molar-refractivity contribution is -0.141. The number of rotatable bonds is 6. The minimum absolute atomic E-state index is 0.0163. The van der Waals surface area contributed by atoms with Crippen molar-refractivity contribution in [3.8, 4) is 5.88 Å². The largest absolute Gasteiger partial charge is 0.471 e. The Balaban J connectivity index is 1.30. The van der Waals surface area contributed by atoms with Gasteiger partial charge >= 0.3 is 6.09 Å². The van der Waals surface area contributed by atoms with Crippen molar-refractivity contribution in [2.24, 2.45) is 5.92 Å². The van der Waals surface area contributed by atoms with Crippen LogP contribution in [0, 0.1) is 18.7 Å². The van der Waals surface area contributed by atoms with E-state index in [-0.39, 0.29) is 37.2 Å². The van der Waals surface area contributed by atoms with Crippen LogP contribution in [0.5, 0.6) is 5.88 Å². The average Bonchev–Trinajstić information content (AvgIpc) is 3.96. The molecule has 1 saturated heterocycles. The molecule has 0 radical (unpaired) electrons. The summed E-state index contributed by atoms with van der Waals surface area (Å²) in [7, 11) is -3.90. The van der Waals surface area contributed by atoms with Crippen LogP contribution in [0.1, 0.15) is 84.3 Å². The first kappa shape index (κ1) is 36.5. The average molecular weight is 729 g/mol. The number of carbonyl (C=O) groups is 4. The van der Waals surface area contributed by atoms with Gasteiger partial charge in [-0.15, -0.1) is 0 Å². The van der Waals surface area contributed by atoms with E-state index < -0.39 is 80.2 Å². The van der Waals surface area contributed by atoms with Crippen molar-refractivity contribution in [1.29, 1.82) is 0 Å². The Morgan fingerprint density at radius 1 is 1.08 bits per heavy atom. The van der Waals surface area contributed by atoms with Gasteiger partial charge in [-0.1, -0.05) is 25.0 Å². The number of ether oxygens (including phenoxy) is 2. The van der Waals surface area contributed by atoms with Gasteiger partial charge in [0.2, 0.25) is 27.7 Å². The quantitative estimate of drug-likeness (QED) is 0.373. The first-order valence-electron chi connectivity index (χ1n) is 17.5. The van der Waals surface area contributed by atoms with Crippen LogP contribution in [0.15, 0.2) is 30.4 Å². The molecule has 3 N–H and O–H groups in total. The number of nitrogens with zero attached hydrogens (tertiary/aromatic N) is 3. The third-order valence-corrected chi connectivity index (χ3v) is 11.4. The zero-order chi connectivity index (χ0) is 36.7. The van der Waals surface area contributed by atoms with E-state index in [2.05, 4.69) is 25.3 Å². The second kappa shape index (κ2) is 14.0. The summed E-state index contributed by atoms with van der Waals surface area (Å²) in [6, 6.07) is 1.82. The van der Waals surface area contributed by atoms with Crippen molar-refractivity contribution in [2.45, 2.75) is 120 Å². The summed E-state index contributed by atoms with van der Waals surface area (Å²) in [4.78, 5) is 65.3. The van der Waals surface area contributed by atoms with Gasteiger partial charge in [0.1, 0.15) is 40.8 Å². The highest BCUT2D eigenvalue weighted by Gasteiger charge is 2.62. The van der Waals surface area contributed by atoms with E-state index in [4.69, 9.17) is 9.47 Å². The Bertz CT molecular complexity index is 1860. The summed E-state index contributed by atoms with van der Waals surface area (Å²) >= 11 is 0. The van der Waals surface area contributed by atoms with E-state index in [1.165, 1.54) is 23.1 Å². The zero-order valence-corrected chi connectivity index (χ0v) is 30.1. The van der Waals surface area contributed by atoms with Crippen LogP contribution in [0.2, 0.25) is 0 Å². The number of fused-ring (bicyclic) bond motifs is 3. The second-order valence-electron chi connectivity index (χ2n) is 14.9. The van der Waals surface area contributed by atoms with Crippen LogP contribution in [-0.4, -0.2) is 88.2 Å². The second-order valence-corrected chi connectivity index (χ2v) is 16.9. The molecule has 14 nitrogen and oxygen atoms in total. The fourth-order valence-electron chi connectivity index (χ4n) is 6.67. The van der Waals surface area contributed by atoms with Crippen LogP contribution in [0.25, 0.3) is 11.0 Å². The van der Waals surface area contributed by atoms with Gasteiger partial charge in [0.05, 0.1) is 22.8 Å². The molecular weight excluding hydrogens is 683 g/mol. The predicted molar refractivity (Wildman–Crippen MR) is 183 cm³/mol. The molecule has 4 amide bonds. The van der Waals surface area contributed by atoms with Gasteiger partial charge in [-0.3, -0.25) is 19.1 Å². The van der Waals surface area contributed by atoms with Gasteiger partial charge in [0.15, 0.2) is 0 Å². The van der Waals surface area contributed by atoms with Crippen LogP contribution in [0.3, 0.4) is 0 Å². The third kappa shape index (κ3) is 8.42. The minimum atomic E-state index is -3.90. The summed E-state index contributed by atoms with van der Waals surface area (Å²) < 4.78 is 53.4. The predicted octanol–water partition coefficient (Wildman–Crippen LogP) is 3.32. The summed E-state index contributed by atoms with van der Waals surface area (Å²) in [5.74, 6) is -2.87. The van der Waals surface area contributed by atoms with Crippen LogP contribution in [0.4, 0.5) is 9.18 Å². The third-order valence-electron chi connectivity index (χ3n) is 9.57. The van der Waals surface area contributed by atoms with Gasteiger partial charge in [0, 0.05) is 18.4 Å². The van der Waals surface area contributed by atoms with Gasteiger partial charge in [-0.25, -0.2) is 27.6 Å². The molecule has 3 heterocycles. The molecule has 1 aromatic heterocycles. The fraction of sp³-hybridized carbons (Fsp3) is 0.600. The molecule has 1 aromatic carbocycles. The van der Waals surface area contributed by atoms with E-state index in [9.17, 15) is 32.0 Å². The number of halogens is 1. The molecule has 6 rings (SSSR count). The molecule has 16 heteroatoms. The Morgan fingerprint density at radius 2 is 1.84 bits per heavy atom. The minimum Gasteiger partial charge on any atom is -0.471 e. The number of amides is 4. The molecule has 276 valence electrons. The highest BCUT2D eigenvalue weighted by Crippen LogP contribution is 2.46. The summed E-state index contributed by atoms with van der Waals surface area (Å²) in [6.07, 6.45) is 6.37. The smallest absolute Gasteiger partial charge is 0.408 e. The summed E-state index contributed by atoms with van der Waals surface area (Å²) in [5.41, 5.74) is -1.20. The number of aryl methyl sites for hydroxylation is 1. The number of sulfonamides is 1. The van der Waals surface area contributed by atoms with E-state index in [1.54, 1.807) is 27.7 Å². The molecule has 2 aliphatic heterocycles. The Labute approximate surface area is 296 Å². The number of hydrogen-bond acceptors (Lipinski definition) is 10. The number of carbonyl (C=O) groups excluding carboxylic acids is 4.